The van der Waals surface area contributed by atoms with Gasteiger partial charge in [0.15, 0.2) is 0 Å². The fraction of sp³-hybridized carbons (Fsp3) is 0.188. The fourth-order valence-electron chi connectivity index (χ4n) is 1.77. The van der Waals surface area contributed by atoms with Crippen LogP contribution in [0.15, 0.2) is 54.6 Å². The Morgan fingerprint density at radius 3 is 2.30 bits per heavy atom. The SMILES string of the molecule is Cl.O=C(OCCCc1ccccc1)c1ccc(O)cc1. The maximum absolute atomic E-state index is 11.7. The molecule has 0 heterocycles. The highest BCUT2D eigenvalue weighted by atomic mass is 35.5. The molecule has 0 atom stereocenters. The quantitative estimate of drug-likeness (QED) is 0.676. The van der Waals surface area contributed by atoms with E-state index in [0.717, 1.165) is 12.8 Å². The van der Waals surface area contributed by atoms with E-state index >= 15 is 0 Å². The lowest BCUT2D eigenvalue weighted by Gasteiger charge is -2.05. The number of phenolic OH excluding ortho intramolecular Hbond substituents is 1. The monoisotopic (exact) mass is 292 g/mol. The zero-order valence-electron chi connectivity index (χ0n) is 11.0. The van der Waals surface area contributed by atoms with Crippen LogP contribution in [0.3, 0.4) is 0 Å². The Morgan fingerprint density at radius 1 is 1.00 bits per heavy atom. The summed E-state index contributed by atoms with van der Waals surface area (Å²) in [4.78, 5) is 11.7. The largest absolute Gasteiger partial charge is 0.508 e. The van der Waals surface area contributed by atoms with E-state index in [2.05, 4.69) is 12.1 Å². The number of ether oxygens (including phenoxy) is 1. The molecular weight excluding hydrogens is 276 g/mol. The second-order valence-corrected chi connectivity index (χ2v) is 4.27. The maximum atomic E-state index is 11.7. The van der Waals surface area contributed by atoms with Gasteiger partial charge >= 0.3 is 5.97 Å². The minimum atomic E-state index is -0.354. The molecule has 0 aliphatic rings. The number of esters is 1. The number of hydrogen-bond donors (Lipinski definition) is 1. The molecule has 0 aliphatic carbocycles. The van der Waals surface area contributed by atoms with Gasteiger partial charge in [0.25, 0.3) is 0 Å². The molecule has 0 aliphatic heterocycles. The molecule has 1 N–H and O–H groups in total. The van der Waals surface area contributed by atoms with Crippen molar-refractivity contribution in [2.75, 3.05) is 6.61 Å². The van der Waals surface area contributed by atoms with Crippen molar-refractivity contribution in [2.24, 2.45) is 0 Å². The first-order valence-corrected chi connectivity index (χ1v) is 6.26. The summed E-state index contributed by atoms with van der Waals surface area (Å²) < 4.78 is 5.17. The van der Waals surface area contributed by atoms with Gasteiger partial charge in [0.1, 0.15) is 5.75 Å². The smallest absolute Gasteiger partial charge is 0.338 e. The van der Waals surface area contributed by atoms with Crippen LogP contribution in [0.2, 0.25) is 0 Å². The highest BCUT2D eigenvalue weighted by molar-refractivity contribution is 5.89. The summed E-state index contributed by atoms with van der Waals surface area (Å²) in [6, 6.07) is 16.1. The average molecular weight is 293 g/mol. The Balaban J connectivity index is 0.00000200. The summed E-state index contributed by atoms with van der Waals surface area (Å²) in [5.41, 5.74) is 1.70. The third-order valence-electron chi connectivity index (χ3n) is 2.79. The molecule has 0 saturated carbocycles. The molecule has 0 spiro atoms. The number of carbonyl (C=O) groups excluding carboxylic acids is 1. The van der Waals surface area contributed by atoms with Crippen molar-refractivity contribution in [1.29, 1.82) is 0 Å². The van der Waals surface area contributed by atoms with Gasteiger partial charge in [-0.3, -0.25) is 0 Å². The molecule has 0 unspecified atom stereocenters. The number of aryl methyl sites for hydroxylation is 1. The lowest BCUT2D eigenvalue weighted by Crippen LogP contribution is -2.06. The van der Waals surface area contributed by atoms with Gasteiger partial charge in [0.05, 0.1) is 12.2 Å². The van der Waals surface area contributed by atoms with Crippen LogP contribution in [0, 0.1) is 0 Å². The zero-order chi connectivity index (χ0) is 13.5. The molecule has 0 saturated heterocycles. The molecule has 0 fully saturated rings. The number of halogens is 1. The van der Waals surface area contributed by atoms with Crippen LogP contribution < -0.4 is 0 Å². The van der Waals surface area contributed by atoms with Crippen LogP contribution in [-0.4, -0.2) is 17.7 Å². The molecular formula is C16H17ClO3. The Morgan fingerprint density at radius 2 is 1.65 bits per heavy atom. The zero-order valence-corrected chi connectivity index (χ0v) is 11.8. The standard InChI is InChI=1S/C16H16O3.ClH/c17-15-10-8-14(9-11-15)16(18)19-12-4-7-13-5-2-1-3-6-13;/h1-3,5-6,8-11,17H,4,7,12H2;1H. The van der Waals surface area contributed by atoms with Gasteiger partial charge in [-0.15, -0.1) is 12.4 Å². The van der Waals surface area contributed by atoms with Crippen LogP contribution in [0.1, 0.15) is 22.3 Å². The number of aromatic hydroxyl groups is 1. The van der Waals surface area contributed by atoms with E-state index in [1.54, 1.807) is 12.1 Å². The number of phenols is 1. The Kier molecular flexibility index (Phi) is 6.60. The van der Waals surface area contributed by atoms with Gasteiger partial charge in [0, 0.05) is 0 Å². The predicted molar refractivity (Wildman–Crippen MR) is 80.4 cm³/mol. The number of hydrogen-bond acceptors (Lipinski definition) is 3. The second kappa shape index (κ2) is 8.23. The number of rotatable bonds is 5. The summed E-state index contributed by atoms with van der Waals surface area (Å²) in [6.45, 7) is 0.397. The van der Waals surface area contributed by atoms with Crippen molar-refractivity contribution in [2.45, 2.75) is 12.8 Å². The van der Waals surface area contributed by atoms with Crippen molar-refractivity contribution in [1.82, 2.24) is 0 Å². The summed E-state index contributed by atoms with van der Waals surface area (Å²) in [5, 5.41) is 9.13. The third-order valence-corrected chi connectivity index (χ3v) is 2.79. The molecule has 4 heteroatoms. The van der Waals surface area contributed by atoms with E-state index in [1.165, 1.54) is 17.7 Å². The molecule has 2 aromatic rings. The number of carbonyl (C=O) groups is 1. The van der Waals surface area contributed by atoms with Gasteiger partial charge in [-0.2, -0.15) is 0 Å². The Hall–Kier alpha value is -2.00. The molecule has 0 radical (unpaired) electrons. The summed E-state index contributed by atoms with van der Waals surface area (Å²) in [5.74, 6) is -0.214. The van der Waals surface area contributed by atoms with Crippen LogP contribution in [-0.2, 0) is 11.2 Å². The van der Waals surface area contributed by atoms with Crippen LogP contribution in [0.4, 0.5) is 0 Å². The first kappa shape index (κ1) is 16.1. The molecule has 2 rings (SSSR count). The van der Waals surface area contributed by atoms with Gasteiger partial charge in [-0.25, -0.2) is 4.79 Å². The summed E-state index contributed by atoms with van der Waals surface area (Å²) in [6.07, 6.45) is 1.69. The van der Waals surface area contributed by atoms with Crippen molar-refractivity contribution in [3.63, 3.8) is 0 Å². The number of benzene rings is 2. The molecule has 2 aromatic carbocycles. The van der Waals surface area contributed by atoms with Gasteiger partial charge in [-0.05, 0) is 42.7 Å². The van der Waals surface area contributed by atoms with E-state index in [0.29, 0.717) is 12.2 Å². The molecule has 106 valence electrons. The predicted octanol–water partition coefficient (Wildman–Crippen LogP) is 3.60. The van der Waals surface area contributed by atoms with E-state index < -0.39 is 0 Å². The first-order chi connectivity index (χ1) is 9.25. The van der Waals surface area contributed by atoms with Crippen LogP contribution in [0.5, 0.6) is 5.75 Å². The first-order valence-electron chi connectivity index (χ1n) is 6.26. The van der Waals surface area contributed by atoms with Gasteiger partial charge in [0.2, 0.25) is 0 Å². The van der Waals surface area contributed by atoms with E-state index in [1.807, 2.05) is 18.2 Å². The van der Waals surface area contributed by atoms with E-state index in [9.17, 15) is 4.79 Å². The lowest BCUT2D eigenvalue weighted by molar-refractivity contribution is 0.0500. The van der Waals surface area contributed by atoms with Crippen molar-refractivity contribution in [3.05, 3.63) is 65.7 Å². The normalized spacial score (nSPS) is 9.60. The van der Waals surface area contributed by atoms with Crippen molar-refractivity contribution < 1.29 is 14.6 Å². The van der Waals surface area contributed by atoms with Crippen LogP contribution in [0.25, 0.3) is 0 Å². The lowest BCUT2D eigenvalue weighted by atomic mass is 10.1. The topological polar surface area (TPSA) is 46.5 Å². The summed E-state index contributed by atoms with van der Waals surface area (Å²) >= 11 is 0. The maximum Gasteiger partial charge on any atom is 0.338 e. The highest BCUT2D eigenvalue weighted by Gasteiger charge is 2.06. The second-order valence-electron chi connectivity index (χ2n) is 4.27. The van der Waals surface area contributed by atoms with Gasteiger partial charge < -0.3 is 9.84 Å². The Bertz CT molecular complexity index is 523. The highest BCUT2D eigenvalue weighted by Crippen LogP contribution is 2.11. The summed E-state index contributed by atoms with van der Waals surface area (Å²) in [7, 11) is 0. The molecule has 20 heavy (non-hydrogen) atoms. The molecule has 3 nitrogen and oxygen atoms in total. The van der Waals surface area contributed by atoms with Crippen LogP contribution >= 0.6 is 12.4 Å². The Labute approximate surface area is 124 Å². The molecule has 0 aromatic heterocycles. The third kappa shape index (κ3) is 4.94. The van der Waals surface area contributed by atoms with E-state index in [-0.39, 0.29) is 24.1 Å². The minimum absolute atomic E-state index is 0. The van der Waals surface area contributed by atoms with Crippen molar-refractivity contribution in [3.8, 4) is 5.75 Å². The van der Waals surface area contributed by atoms with E-state index in [4.69, 9.17) is 9.84 Å². The fourth-order valence-corrected chi connectivity index (χ4v) is 1.77. The molecule has 0 amide bonds. The average Bonchev–Trinajstić information content (AvgIpc) is 2.45. The van der Waals surface area contributed by atoms with Crippen molar-refractivity contribution >= 4 is 18.4 Å². The minimum Gasteiger partial charge on any atom is -0.508 e. The molecule has 0 bridgehead atoms. The van der Waals surface area contributed by atoms with Gasteiger partial charge in [-0.1, -0.05) is 30.3 Å².